The quantitative estimate of drug-likeness (QED) is 0.824. The maximum atomic E-state index is 12.1. The monoisotopic (exact) mass is 353 g/mol. The molecule has 2 aliphatic rings. The second-order valence-corrected chi connectivity index (χ2v) is 6.54. The predicted molar refractivity (Wildman–Crippen MR) is 97.2 cm³/mol. The van der Waals surface area contributed by atoms with Gasteiger partial charge in [0.05, 0.1) is 0 Å². The molecule has 0 saturated carbocycles. The zero-order valence-electron chi connectivity index (χ0n) is 14.1. The number of rotatable bonds is 5. The smallest absolute Gasteiger partial charge is 0.223 e. The molecule has 0 aromatic carbocycles. The summed E-state index contributed by atoms with van der Waals surface area (Å²) in [5.41, 5.74) is 0. The lowest BCUT2D eigenvalue weighted by Crippen LogP contribution is -2.47. The van der Waals surface area contributed by atoms with E-state index in [0.717, 1.165) is 25.7 Å². The molecule has 2 aliphatic heterocycles. The Labute approximate surface area is 148 Å². The van der Waals surface area contributed by atoms with Crippen molar-refractivity contribution in [3.63, 3.8) is 0 Å². The number of hydrogen-bond donors (Lipinski definition) is 1. The van der Waals surface area contributed by atoms with Crippen LogP contribution < -0.4 is 5.32 Å². The summed E-state index contributed by atoms with van der Waals surface area (Å²) in [4.78, 5) is 16.9. The van der Waals surface area contributed by atoms with Crippen LogP contribution in [0, 0.1) is 5.92 Å². The number of halogens is 2. The summed E-state index contributed by atoms with van der Waals surface area (Å²) in [7, 11) is 1.91. The molecule has 2 fully saturated rings. The fourth-order valence-corrected chi connectivity index (χ4v) is 3.59. The number of carbonyl (C=O) groups excluding carboxylic acids is 1. The average molecular weight is 354 g/mol. The van der Waals surface area contributed by atoms with Crippen LogP contribution in [0.1, 0.15) is 45.4 Å². The first-order chi connectivity index (χ1) is 9.70. The number of carbonyl (C=O) groups is 1. The summed E-state index contributed by atoms with van der Waals surface area (Å²) in [6, 6.07) is 0.735. The van der Waals surface area contributed by atoms with Crippen molar-refractivity contribution < 1.29 is 4.79 Å². The van der Waals surface area contributed by atoms with Crippen molar-refractivity contribution in [2.45, 2.75) is 51.5 Å². The fourth-order valence-electron chi connectivity index (χ4n) is 3.59. The summed E-state index contributed by atoms with van der Waals surface area (Å²) < 4.78 is 0. The Morgan fingerprint density at radius 2 is 1.91 bits per heavy atom. The summed E-state index contributed by atoms with van der Waals surface area (Å²) >= 11 is 0. The summed E-state index contributed by atoms with van der Waals surface area (Å²) in [6.07, 6.45) is 7.19. The first-order valence-electron chi connectivity index (χ1n) is 8.37. The van der Waals surface area contributed by atoms with Crippen LogP contribution in [-0.2, 0) is 4.79 Å². The molecule has 1 amide bonds. The molecule has 0 aromatic heterocycles. The molecule has 0 radical (unpaired) electrons. The van der Waals surface area contributed by atoms with Gasteiger partial charge in [0.1, 0.15) is 0 Å². The van der Waals surface area contributed by atoms with Crippen LogP contribution in [0.15, 0.2) is 0 Å². The predicted octanol–water partition coefficient (Wildman–Crippen LogP) is 2.55. The van der Waals surface area contributed by atoms with Gasteiger partial charge in [-0.05, 0) is 52.1 Å². The first kappa shape index (κ1) is 22.0. The van der Waals surface area contributed by atoms with Gasteiger partial charge < -0.3 is 15.1 Å². The van der Waals surface area contributed by atoms with Gasteiger partial charge in [-0.2, -0.15) is 0 Å². The Kier molecular flexibility index (Phi) is 11.5. The van der Waals surface area contributed by atoms with Crippen LogP contribution in [0.5, 0.6) is 0 Å². The molecular weight excluding hydrogens is 321 g/mol. The zero-order chi connectivity index (χ0) is 14.4. The number of amides is 1. The van der Waals surface area contributed by atoms with E-state index in [1.807, 2.05) is 7.05 Å². The van der Waals surface area contributed by atoms with Crippen LogP contribution in [0.25, 0.3) is 0 Å². The van der Waals surface area contributed by atoms with E-state index in [1.165, 1.54) is 45.2 Å². The van der Waals surface area contributed by atoms with Crippen molar-refractivity contribution in [2.75, 3.05) is 39.8 Å². The number of piperidine rings is 2. The van der Waals surface area contributed by atoms with Crippen LogP contribution >= 0.6 is 24.8 Å². The minimum Gasteiger partial charge on any atom is -0.342 e. The third-order valence-electron chi connectivity index (χ3n) is 4.89. The molecule has 2 rings (SSSR count). The second kappa shape index (κ2) is 11.5. The van der Waals surface area contributed by atoms with Gasteiger partial charge in [0.2, 0.25) is 5.91 Å². The van der Waals surface area contributed by atoms with Crippen molar-refractivity contribution >= 4 is 30.7 Å². The third kappa shape index (κ3) is 6.61. The van der Waals surface area contributed by atoms with Gasteiger partial charge in [-0.1, -0.05) is 6.42 Å². The maximum absolute atomic E-state index is 12.1. The van der Waals surface area contributed by atoms with Gasteiger partial charge in [0.25, 0.3) is 0 Å². The minimum absolute atomic E-state index is 0. The lowest BCUT2D eigenvalue weighted by atomic mass is 9.94. The fraction of sp³-hybridized carbons (Fsp3) is 0.938. The van der Waals surface area contributed by atoms with E-state index in [-0.39, 0.29) is 24.8 Å². The van der Waals surface area contributed by atoms with E-state index < -0.39 is 0 Å². The molecule has 2 saturated heterocycles. The topological polar surface area (TPSA) is 35.6 Å². The highest BCUT2D eigenvalue weighted by molar-refractivity contribution is 5.85. The molecule has 0 aromatic rings. The lowest BCUT2D eigenvalue weighted by molar-refractivity contribution is -0.133. The molecule has 2 heterocycles. The van der Waals surface area contributed by atoms with Crippen molar-refractivity contribution in [2.24, 2.45) is 5.92 Å². The van der Waals surface area contributed by atoms with Crippen LogP contribution in [0.4, 0.5) is 0 Å². The molecule has 22 heavy (non-hydrogen) atoms. The molecule has 2 atom stereocenters. The lowest BCUT2D eigenvalue weighted by Gasteiger charge is -2.39. The van der Waals surface area contributed by atoms with E-state index in [1.54, 1.807) is 0 Å². The van der Waals surface area contributed by atoms with E-state index in [2.05, 4.69) is 22.0 Å². The number of likely N-dealkylation sites (tertiary alicyclic amines) is 2. The molecular formula is C16H33Cl2N3O. The molecule has 132 valence electrons. The van der Waals surface area contributed by atoms with Gasteiger partial charge >= 0.3 is 0 Å². The van der Waals surface area contributed by atoms with Crippen molar-refractivity contribution in [1.29, 1.82) is 0 Å². The third-order valence-corrected chi connectivity index (χ3v) is 4.89. The average Bonchev–Trinajstić information content (AvgIpc) is 2.47. The van der Waals surface area contributed by atoms with Crippen LogP contribution in [-0.4, -0.2) is 61.5 Å². The number of hydrogen-bond acceptors (Lipinski definition) is 3. The Morgan fingerprint density at radius 3 is 2.59 bits per heavy atom. The molecule has 6 heteroatoms. The Hall–Kier alpha value is -0.0300. The highest BCUT2D eigenvalue weighted by Crippen LogP contribution is 2.23. The van der Waals surface area contributed by atoms with E-state index in [4.69, 9.17) is 0 Å². The molecule has 0 spiro atoms. The van der Waals surface area contributed by atoms with Gasteiger partial charge in [-0.25, -0.2) is 0 Å². The molecule has 1 N–H and O–H groups in total. The van der Waals surface area contributed by atoms with Crippen LogP contribution in [0.3, 0.4) is 0 Å². The Balaban J connectivity index is 0.00000220. The maximum Gasteiger partial charge on any atom is 0.223 e. The van der Waals surface area contributed by atoms with Crippen molar-refractivity contribution in [3.8, 4) is 0 Å². The van der Waals surface area contributed by atoms with Crippen molar-refractivity contribution in [1.82, 2.24) is 15.1 Å². The van der Waals surface area contributed by atoms with Gasteiger partial charge in [0.15, 0.2) is 0 Å². The second-order valence-electron chi connectivity index (χ2n) is 6.54. The van der Waals surface area contributed by atoms with Crippen molar-refractivity contribution in [3.05, 3.63) is 0 Å². The zero-order valence-corrected chi connectivity index (χ0v) is 15.7. The normalized spacial score (nSPS) is 26.0. The Morgan fingerprint density at radius 1 is 1.14 bits per heavy atom. The van der Waals surface area contributed by atoms with E-state index >= 15 is 0 Å². The molecule has 0 aliphatic carbocycles. The standard InChI is InChI=1S/C16H31N3O.2ClH/c1-14-6-3-4-10-18(14)12-15-7-5-11-19(13-15)16(20)8-9-17-2;;/h14-15,17H,3-13H2,1-2H3;2*1H. The SMILES string of the molecule is CNCCC(=O)N1CCCC(CN2CCCCC2C)C1.Cl.Cl. The van der Waals surface area contributed by atoms with Crippen LogP contribution in [0.2, 0.25) is 0 Å². The highest BCUT2D eigenvalue weighted by Gasteiger charge is 2.27. The van der Waals surface area contributed by atoms with Gasteiger partial charge in [0, 0.05) is 38.6 Å². The number of nitrogens with zero attached hydrogens (tertiary/aromatic N) is 2. The Bertz CT molecular complexity index is 318. The number of nitrogens with one attached hydrogen (secondary N) is 1. The first-order valence-corrected chi connectivity index (χ1v) is 8.37. The highest BCUT2D eigenvalue weighted by atomic mass is 35.5. The molecule has 2 unspecified atom stereocenters. The largest absolute Gasteiger partial charge is 0.342 e. The van der Waals surface area contributed by atoms with E-state index in [0.29, 0.717) is 18.2 Å². The summed E-state index contributed by atoms with van der Waals surface area (Å²) in [5, 5.41) is 3.06. The molecule has 0 bridgehead atoms. The molecule has 4 nitrogen and oxygen atoms in total. The summed E-state index contributed by atoms with van der Waals surface area (Å²) in [5.74, 6) is 1.01. The minimum atomic E-state index is 0. The summed E-state index contributed by atoms with van der Waals surface area (Å²) in [6.45, 7) is 7.55. The van der Waals surface area contributed by atoms with E-state index in [9.17, 15) is 4.79 Å². The van der Waals surface area contributed by atoms with Gasteiger partial charge in [-0.3, -0.25) is 4.79 Å². The van der Waals surface area contributed by atoms with Gasteiger partial charge in [-0.15, -0.1) is 24.8 Å².